The first kappa shape index (κ1) is 17.6. The normalized spacial score (nSPS) is 11.5. The highest BCUT2D eigenvalue weighted by Crippen LogP contribution is 2.34. The predicted molar refractivity (Wildman–Crippen MR) is 110 cm³/mol. The Morgan fingerprint density at radius 1 is 0.889 bits per heavy atom. The summed E-state index contributed by atoms with van der Waals surface area (Å²) in [5, 5.41) is 1.14. The van der Waals surface area contributed by atoms with Crippen LogP contribution in [0.4, 0.5) is 0 Å². The fraction of sp³-hybridized carbons (Fsp3) is 0.364. The highest BCUT2D eigenvalue weighted by Gasteiger charge is 2.16. The quantitative estimate of drug-likeness (QED) is 0.445. The monoisotopic (exact) mass is 363 g/mol. The van der Waals surface area contributed by atoms with Crippen molar-refractivity contribution in [3.8, 4) is 11.5 Å². The van der Waals surface area contributed by atoms with E-state index in [1.54, 1.807) is 0 Å². The molecular formula is C22H25N3O2. The number of aryl methyl sites for hydroxylation is 1. The minimum Gasteiger partial charge on any atom is -0.490 e. The molecule has 2 heterocycles. The molecule has 2 aromatic carbocycles. The lowest BCUT2D eigenvalue weighted by molar-refractivity contribution is 0.288. The zero-order valence-corrected chi connectivity index (χ0v) is 16.2. The number of nitrogens with zero attached hydrogens (tertiary/aromatic N) is 3. The molecule has 0 saturated heterocycles. The molecular weight excluding hydrogens is 338 g/mol. The average Bonchev–Trinajstić information content (AvgIpc) is 2.98. The van der Waals surface area contributed by atoms with Gasteiger partial charge < -0.3 is 14.0 Å². The molecule has 140 valence electrons. The molecule has 0 bridgehead atoms. The smallest absolute Gasteiger partial charge is 0.163 e. The van der Waals surface area contributed by atoms with Gasteiger partial charge in [0.1, 0.15) is 5.52 Å². The minimum absolute atomic E-state index is 0.581. The molecule has 2 aromatic heterocycles. The van der Waals surface area contributed by atoms with E-state index in [1.807, 2.05) is 26.0 Å². The van der Waals surface area contributed by atoms with E-state index >= 15 is 0 Å². The van der Waals surface area contributed by atoms with E-state index in [2.05, 4.69) is 35.8 Å². The summed E-state index contributed by atoms with van der Waals surface area (Å²) in [5.41, 5.74) is 4.72. The van der Waals surface area contributed by atoms with Crippen LogP contribution in [0.1, 0.15) is 33.6 Å². The molecule has 0 aliphatic rings. The van der Waals surface area contributed by atoms with Crippen LogP contribution in [-0.2, 0) is 6.54 Å². The Balaban J connectivity index is 2.00. The molecule has 0 unspecified atom stereocenters. The number of hydrogen-bond acceptors (Lipinski definition) is 4. The summed E-state index contributed by atoms with van der Waals surface area (Å²) in [6, 6.07) is 12.3. The maximum atomic E-state index is 5.76. The van der Waals surface area contributed by atoms with Crippen LogP contribution in [-0.4, -0.2) is 27.7 Å². The van der Waals surface area contributed by atoms with Crippen LogP contribution in [0, 0.1) is 0 Å². The van der Waals surface area contributed by atoms with Crippen LogP contribution in [0.3, 0.4) is 0 Å². The lowest BCUT2D eigenvalue weighted by atomic mass is 10.2. The average molecular weight is 363 g/mol. The topological polar surface area (TPSA) is 49.2 Å². The highest BCUT2D eigenvalue weighted by molar-refractivity contribution is 6.06. The SMILES string of the molecule is CCCCn1c2ccccc2c2nc3cc(OCC)c(OCC)cc3nc21. The molecule has 5 nitrogen and oxygen atoms in total. The van der Waals surface area contributed by atoms with E-state index in [-0.39, 0.29) is 0 Å². The van der Waals surface area contributed by atoms with Gasteiger partial charge in [-0.05, 0) is 26.3 Å². The van der Waals surface area contributed by atoms with Crippen molar-refractivity contribution >= 4 is 33.1 Å². The minimum atomic E-state index is 0.581. The second-order valence-electron chi connectivity index (χ2n) is 6.57. The first-order valence-corrected chi connectivity index (χ1v) is 9.75. The summed E-state index contributed by atoms with van der Waals surface area (Å²) in [6.45, 7) is 8.25. The Hall–Kier alpha value is -2.82. The van der Waals surface area contributed by atoms with E-state index in [9.17, 15) is 0 Å². The van der Waals surface area contributed by atoms with Crippen LogP contribution in [0.2, 0.25) is 0 Å². The van der Waals surface area contributed by atoms with Gasteiger partial charge in [0.25, 0.3) is 0 Å². The molecule has 0 N–H and O–H groups in total. The number of rotatable bonds is 7. The van der Waals surface area contributed by atoms with Gasteiger partial charge in [0, 0.05) is 24.1 Å². The molecule has 4 aromatic rings. The molecule has 0 aliphatic heterocycles. The first-order chi connectivity index (χ1) is 13.3. The molecule has 0 amide bonds. The third-order valence-electron chi connectivity index (χ3n) is 4.75. The van der Waals surface area contributed by atoms with Crippen molar-refractivity contribution in [3.05, 3.63) is 36.4 Å². The largest absolute Gasteiger partial charge is 0.490 e. The summed E-state index contributed by atoms with van der Waals surface area (Å²) in [4.78, 5) is 9.94. The Kier molecular flexibility index (Phi) is 4.84. The number of aromatic nitrogens is 3. The maximum absolute atomic E-state index is 5.76. The number of unbranched alkanes of at least 4 members (excludes halogenated alkanes) is 1. The zero-order valence-electron chi connectivity index (χ0n) is 16.2. The van der Waals surface area contributed by atoms with Crippen molar-refractivity contribution in [1.82, 2.24) is 14.5 Å². The van der Waals surface area contributed by atoms with Crippen LogP contribution in [0.25, 0.3) is 33.1 Å². The Morgan fingerprint density at radius 2 is 1.56 bits per heavy atom. The molecule has 0 atom stereocenters. The highest BCUT2D eigenvalue weighted by atomic mass is 16.5. The summed E-state index contributed by atoms with van der Waals surface area (Å²) >= 11 is 0. The van der Waals surface area contributed by atoms with Gasteiger partial charge in [-0.1, -0.05) is 31.5 Å². The van der Waals surface area contributed by atoms with Gasteiger partial charge in [-0.3, -0.25) is 0 Å². The Morgan fingerprint density at radius 3 is 2.22 bits per heavy atom. The van der Waals surface area contributed by atoms with E-state index in [0.29, 0.717) is 13.2 Å². The van der Waals surface area contributed by atoms with Crippen LogP contribution >= 0.6 is 0 Å². The second-order valence-corrected chi connectivity index (χ2v) is 6.57. The zero-order chi connectivity index (χ0) is 18.8. The van der Waals surface area contributed by atoms with Gasteiger partial charge in [0.05, 0.1) is 29.8 Å². The number of para-hydroxylation sites is 1. The molecule has 0 aliphatic carbocycles. The summed E-state index contributed by atoms with van der Waals surface area (Å²) in [7, 11) is 0. The van der Waals surface area contributed by atoms with Crippen molar-refractivity contribution in [3.63, 3.8) is 0 Å². The standard InChI is InChI=1S/C22H25N3O2/c1-4-7-12-25-18-11-9-8-10-15(18)21-22(25)24-17-14-20(27-6-3)19(26-5-2)13-16(17)23-21/h8-11,13-14H,4-7,12H2,1-3H3. The Labute approximate surface area is 158 Å². The second kappa shape index (κ2) is 7.43. The number of fused-ring (bicyclic) bond motifs is 4. The van der Waals surface area contributed by atoms with Crippen LogP contribution in [0.15, 0.2) is 36.4 Å². The molecule has 0 spiro atoms. The van der Waals surface area contributed by atoms with Crippen molar-refractivity contribution in [2.75, 3.05) is 13.2 Å². The van der Waals surface area contributed by atoms with E-state index in [0.717, 1.165) is 58.5 Å². The molecule has 0 radical (unpaired) electrons. The summed E-state index contributed by atoms with van der Waals surface area (Å²) in [6.07, 6.45) is 2.25. The maximum Gasteiger partial charge on any atom is 0.163 e. The third-order valence-corrected chi connectivity index (χ3v) is 4.75. The van der Waals surface area contributed by atoms with Gasteiger partial charge >= 0.3 is 0 Å². The van der Waals surface area contributed by atoms with E-state index < -0.39 is 0 Å². The third kappa shape index (κ3) is 3.07. The molecule has 0 fully saturated rings. The van der Waals surface area contributed by atoms with Gasteiger partial charge in [0.15, 0.2) is 17.1 Å². The van der Waals surface area contributed by atoms with Gasteiger partial charge in [-0.25, -0.2) is 9.97 Å². The lowest BCUT2D eigenvalue weighted by Gasteiger charge is -2.12. The molecule has 27 heavy (non-hydrogen) atoms. The van der Waals surface area contributed by atoms with Crippen molar-refractivity contribution in [2.45, 2.75) is 40.2 Å². The van der Waals surface area contributed by atoms with Gasteiger partial charge in [-0.15, -0.1) is 0 Å². The predicted octanol–water partition coefficient (Wildman–Crippen LogP) is 5.34. The Bertz CT molecular complexity index is 1100. The van der Waals surface area contributed by atoms with Crippen LogP contribution in [0.5, 0.6) is 11.5 Å². The first-order valence-electron chi connectivity index (χ1n) is 9.75. The van der Waals surface area contributed by atoms with Crippen molar-refractivity contribution in [2.24, 2.45) is 0 Å². The summed E-state index contributed by atoms with van der Waals surface area (Å²) in [5.74, 6) is 1.44. The van der Waals surface area contributed by atoms with Gasteiger partial charge in [0.2, 0.25) is 0 Å². The van der Waals surface area contributed by atoms with E-state index in [1.165, 1.54) is 5.52 Å². The summed E-state index contributed by atoms with van der Waals surface area (Å²) < 4.78 is 13.8. The van der Waals surface area contributed by atoms with Crippen molar-refractivity contribution in [1.29, 1.82) is 0 Å². The molecule has 5 heteroatoms. The lowest BCUT2D eigenvalue weighted by Crippen LogP contribution is -2.01. The number of hydrogen-bond donors (Lipinski definition) is 0. The van der Waals surface area contributed by atoms with E-state index in [4.69, 9.17) is 19.4 Å². The van der Waals surface area contributed by atoms with Gasteiger partial charge in [-0.2, -0.15) is 0 Å². The number of ether oxygens (including phenoxy) is 2. The fourth-order valence-electron chi connectivity index (χ4n) is 3.53. The van der Waals surface area contributed by atoms with Crippen molar-refractivity contribution < 1.29 is 9.47 Å². The van der Waals surface area contributed by atoms with Crippen LogP contribution < -0.4 is 9.47 Å². The fourth-order valence-corrected chi connectivity index (χ4v) is 3.53. The molecule has 4 rings (SSSR count). The number of benzene rings is 2. The molecule has 0 saturated carbocycles.